The van der Waals surface area contributed by atoms with Crippen molar-refractivity contribution in [2.24, 2.45) is 0 Å². The third-order valence-corrected chi connectivity index (χ3v) is 19.2. The first-order valence-electron chi connectivity index (χ1n) is 27.2. The highest BCUT2D eigenvalue weighted by atomic mass is 32.1. The number of fused-ring (bicyclic) bond motifs is 6. The molecular formula is C71H67N3OS3. The number of hydrogen-bond donors (Lipinski definition) is 0. The van der Waals surface area contributed by atoms with Crippen LogP contribution in [0.1, 0.15) is 115 Å². The maximum Gasteiger partial charge on any atom is 0.160 e. The fourth-order valence-corrected chi connectivity index (χ4v) is 14.0. The van der Waals surface area contributed by atoms with Crippen LogP contribution in [-0.2, 0) is 21.7 Å². The van der Waals surface area contributed by atoms with Gasteiger partial charge in [0, 0.05) is 74.4 Å². The minimum Gasteiger partial charge on any atom is -0.311 e. The van der Waals surface area contributed by atoms with E-state index in [9.17, 15) is 4.79 Å². The lowest BCUT2D eigenvalue weighted by Crippen LogP contribution is -2.11. The van der Waals surface area contributed by atoms with Crippen LogP contribution >= 0.6 is 34.0 Å². The zero-order valence-corrected chi connectivity index (χ0v) is 49.3. The molecule has 0 aliphatic rings. The Morgan fingerprint density at radius 3 is 0.949 bits per heavy atom. The van der Waals surface area contributed by atoms with Gasteiger partial charge in [0.25, 0.3) is 0 Å². The molecule has 0 fully saturated rings. The predicted molar refractivity (Wildman–Crippen MR) is 340 cm³/mol. The quantitative estimate of drug-likeness (QED) is 0.135. The van der Waals surface area contributed by atoms with Gasteiger partial charge in [0.15, 0.2) is 6.29 Å². The van der Waals surface area contributed by atoms with Gasteiger partial charge in [-0.1, -0.05) is 119 Å². The van der Waals surface area contributed by atoms with E-state index in [1.807, 2.05) is 23.5 Å². The molecule has 7 aromatic carbocycles. The number of benzene rings is 7. The maximum atomic E-state index is 11.4. The normalized spacial score (nSPS) is 12.7. The molecule has 12 rings (SSSR count). The van der Waals surface area contributed by atoms with E-state index in [4.69, 9.17) is 0 Å². The van der Waals surface area contributed by atoms with Crippen LogP contribution in [0.15, 0.2) is 182 Å². The second-order valence-electron chi connectivity index (χ2n) is 25.2. The molecule has 0 N–H and O–H groups in total. The average molecular weight is 1070 g/mol. The first-order valence-corrected chi connectivity index (χ1v) is 29.6. The van der Waals surface area contributed by atoms with Crippen LogP contribution < -0.4 is 4.90 Å². The predicted octanol–water partition coefficient (Wildman–Crippen LogP) is 21.5. The molecule has 0 bridgehead atoms. The molecule has 12 aromatic rings. The molecule has 0 saturated carbocycles. The van der Waals surface area contributed by atoms with Crippen molar-refractivity contribution in [1.82, 2.24) is 9.13 Å². The van der Waals surface area contributed by atoms with Gasteiger partial charge >= 0.3 is 0 Å². The number of aldehydes is 1. The van der Waals surface area contributed by atoms with Crippen LogP contribution in [0.3, 0.4) is 0 Å². The molecule has 5 aromatic heterocycles. The van der Waals surface area contributed by atoms with Gasteiger partial charge in [-0.05, 0) is 195 Å². The van der Waals surface area contributed by atoms with Gasteiger partial charge in [-0.25, -0.2) is 0 Å². The topological polar surface area (TPSA) is 30.2 Å². The van der Waals surface area contributed by atoms with Gasteiger partial charge in [-0.2, -0.15) is 0 Å². The molecule has 78 heavy (non-hydrogen) atoms. The fourth-order valence-electron chi connectivity index (χ4n) is 11.0. The molecule has 0 atom stereocenters. The number of carbonyl (C=O) groups excluding carboxylic acids is 1. The molecule has 4 nitrogen and oxygen atoms in total. The van der Waals surface area contributed by atoms with Crippen LogP contribution in [0.4, 0.5) is 17.1 Å². The van der Waals surface area contributed by atoms with Gasteiger partial charge in [0.2, 0.25) is 0 Å². The molecule has 0 saturated heterocycles. The Morgan fingerprint density at radius 1 is 0.333 bits per heavy atom. The van der Waals surface area contributed by atoms with Crippen molar-refractivity contribution in [3.05, 3.63) is 209 Å². The van der Waals surface area contributed by atoms with E-state index in [0.717, 1.165) is 44.5 Å². The lowest BCUT2D eigenvalue weighted by atomic mass is 9.85. The summed E-state index contributed by atoms with van der Waals surface area (Å²) < 4.78 is 4.89. The standard InChI is InChI=1S/C71H67N3OS3/c1-68(2,3)45-15-30-59-55(39-45)56-40-46(69(4,5)6)16-31-60(56)73(59)52-25-21-50(22-26-52)72(49-19-13-44(14-20-49)63-35-36-66(77-63)67-38-37-65(78-67)64-34-29-54(43-75)76-64)51-23-27-53(28-24-51)74-61-32-17-47(70(7,8)9)41-57(61)58-42-48(71(10,11)12)18-33-62(58)74/h13-43H,1-12H3. The minimum absolute atomic E-state index is 0.0257. The van der Waals surface area contributed by atoms with Gasteiger partial charge in [-0.15, -0.1) is 34.0 Å². The number of hydrogen-bond acceptors (Lipinski definition) is 5. The average Bonchev–Trinajstić information content (AvgIpc) is 4.47. The third kappa shape index (κ3) is 9.33. The summed E-state index contributed by atoms with van der Waals surface area (Å²) in [6, 6.07) is 68.4. The molecule has 0 amide bonds. The molecule has 390 valence electrons. The molecule has 0 spiro atoms. The first-order chi connectivity index (χ1) is 37.1. The van der Waals surface area contributed by atoms with Crippen molar-refractivity contribution in [3.8, 4) is 41.3 Å². The third-order valence-electron chi connectivity index (χ3n) is 15.6. The van der Waals surface area contributed by atoms with E-state index in [1.54, 1.807) is 22.7 Å². The lowest BCUT2D eigenvalue weighted by Gasteiger charge is -2.26. The highest BCUT2D eigenvalue weighted by Gasteiger charge is 2.24. The van der Waals surface area contributed by atoms with E-state index < -0.39 is 0 Å². The number of thiophene rings is 3. The van der Waals surface area contributed by atoms with E-state index in [-0.39, 0.29) is 21.7 Å². The molecule has 0 aliphatic carbocycles. The van der Waals surface area contributed by atoms with E-state index >= 15 is 0 Å². The molecule has 0 radical (unpaired) electrons. The second kappa shape index (κ2) is 19.0. The van der Waals surface area contributed by atoms with Crippen molar-refractivity contribution in [3.63, 3.8) is 0 Å². The Bertz CT molecular complexity index is 3900. The fraction of sp³-hybridized carbons (Fsp3) is 0.225. The zero-order valence-electron chi connectivity index (χ0n) is 46.9. The molecular weight excluding hydrogens is 1010 g/mol. The summed E-state index contributed by atoms with van der Waals surface area (Å²) in [6.45, 7) is 27.6. The number of aromatic nitrogens is 2. The van der Waals surface area contributed by atoms with Gasteiger partial charge in [0.05, 0.1) is 26.9 Å². The Kier molecular flexibility index (Phi) is 12.5. The SMILES string of the molecule is CC(C)(C)c1ccc2c(c1)c1cc(C(C)(C)C)ccc1n2-c1ccc(N(c2ccc(-c3ccc(-c4ccc(-c5ccc(C=O)s5)s4)s3)cc2)c2ccc(-n3c4ccc(C(C)(C)C)cc4c4cc(C(C)(C)C)ccc43)cc2)cc1. The van der Waals surface area contributed by atoms with Crippen molar-refractivity contribution in [1.29, 1.82) is 0 Å². The molecule has 0 unspecified atom stereocenters. The Hall–Kier alpha value is -7.29. The number of anilines is 3. The number of rotatable bonds is 9. The monoisotopic (exact) mass is 1070 g/mol. The highest BCUT2D eigenvalue weighted by molar-refractivity contribution is 7.27. The van der Waals surface area contributed by atoms with Crippen molar-refractivity contribution in [2.75, 3.05) is 4.90 Å². The van der Waals surface area contributed by atoms with Gasteiger partial charge in [0.1, 0.15) is 0 Å². The summed E-state index contributed by atoms with van der Waals surface area (Å²) >= 11 is 5.13. The van der Waals surface area contributed by atoms with E-state index in [2.05, 4.69) is 267 Å². The molecule has 5 heterocycles. The van der Waals surface area contributed by atoms with E-state index in [1.165, 1.54) is 90.9 Å². The summed E-state index contributed by atoms with van der Waals surface area (Å²) in [4.78, 5) is 20.5. The van der Waals surface area contributed by atoms with E-state index in [0.29, 0.717) is 0 Å². The largest absolute Gasteiger partial charge is 0.311 e. The smallest absolute Gasteiger partial charge is 0.160 e. The zero-order chi connectivity index (χ0) is 54.6. The van der Waals surface area contributed by atoms with Crippen LogP contribution in [0, 0.1) is 0 Å². The first kappa shape index (κ1) is 51.5. The van der Waals surface area contributed by atoms with Gasteiger partial charge < -0.3 is 14.0 Å². The summed E-state index contributed by atoms with van der Waals surface area (Å²) in [6.07, 6.45) is 0.930. The lowest BCUT2D eigenvalue weighted by molar-refractivity contribution is 0.112. The Morgan fingerprint density at radius 2 is 0.628 bits per heavy atom. The van der Waals surface area contributed by atoms with Crippen molar-refractivity contribution in [2.45, 2.75) is 105 Å². The highest BCUT2D eigenvalue weighted by Crippen LogP contribution is 2.45. The van der Waals surface area contributed by atoms with Crippen LogP contribution in [0.25, 0.3) is 84.9 Å². The number of nitrogens with zero attached hydrogens (tertiary/aromatic N) is 3. The van der Waals surface area contributed by atoms with Gasteiger partial charge in [-0.3, -0.25) is 4.79 Å². The minimum atomic E-state index is 0.0257. The Balaban J connectivity index is 0.951. The number of carbonyl (C=O) groups is 1. The molecule has 7 heteroatoms. The summed E-state index contributed by atoms with van der Waals surface area (Å²) in [7, 11) is 0. The Labute approximate surface area is 471 Å². The van der Waals surface area contributed by atoms with Crippen LogP contribution in [-0.4, -0.2) is 15.4 Å². The molecule has 0 aliphatic heterocycles. The maximum absolute atomic E-state index is 11.4. The van der Waals surface area contributed by atoms with Crippen molar-refractivity contribution >= 4 is 101 Å². The van der Waals surface area contributed by atoms with Crippen molar-refractivity contribution < 1.29 is 4.79 Å². The second-order valence-corrected chi connectivity index (χ2v) is 28.4. The summed E-state index contributed by atoms with van der Waals surface area (Å²) in [5.41, 5.74) is 16.9. The van der Waals surface area contributed by atoms with Crippen LogP contribution in [0.5, 0.6) is 0 Å². The summed E-state index contributed by atoms with van der Waals surface area (Å²) in [5.74, 6) is 0. The van der Waals surface area contributed by atoms with Crippen LogP contribution in [0.2, 0.25) is 0 Å². The summed E-state index contributed by atoms with van der Waals surface area (Å²) in [5, 5.41) is 5.14.